The normalized spacial score (nSPS) is 12.3. The van der Waals surface area contributed by atoms with Crippen molar-refractivity contribution in [3.63, 3.8) is 0 Å². The molecule has 12 heteroatoms. The van der Waals surface area contributed by atoms with Crippen LogP contribution in [0.25, 0.3) is 21.5 Å². The van der Waals surface area contributed by atoms with Crippen molar-refractivity contribution >= 4 is 50.3 Å². The zero-order chi connectivity index (χ0) is 27.4. The number of rotatable bonds is 7. The summed E-state index contributed by atoms with van der Waals surface area (Å²) in [6.07, 6.45) is -3.61. The van der Waals surface area contributed by atoms with Gasteiger partial charge in [0.15, 0.2) is 5.13 Å². The quantitative estimate of drug-likeness (QED) is 0.235. The monoisotopic (exact) mass is 542 g/mol. The molecule has 0 aliphatic heterocycles. The van der Waals surface area contributed by atoms with E-state index in [1.807, 2.05) is 36.4 Å². The van der Waals surface area contributed by atoms with Crippen molar-refractivity contribution in [1.82, 2.24) is 15.3 Å². The second-order valence-corrected chi connectivity index (χ2v) is 9.51. The molecule has 38 heavy (non-hydrogen) atoms. The molecule has 0 unspecified atom stereocenters. The lowest BCUT2D eigenvalue weighted by molar-refractivity contribution is -0.202. The Morgan fingerprint density at radius 3 is 2.16 bits per heavy atom. The minimum absolute atomic E-state index is 0.178. The molecule has 0 saturated heterocycles. The maximum Gasteiger partial charge on any atom is 0.491 e. The first kappa shape index (κ1) is 26.7. The average Bonchev–Trinajstić information content (AvgIpc) is 3.29. The number of thiazole rings is 1. The van der Waals surface area contributed by atoms with Gasteiger partial charge in [-0.2, -0.15) is 13.2 Å². The molecule has 2 N–H and O–H groups in total. The maximum atomic E-state index is 12.6. The molecule has 1 atom stereocenters. The lowest BCUT2D eigenvalue weighted by Gasteiger charge is -2.20. The number of fused-ring (bicyclic) bond motifs is 1. The van der Waals surface area contributed by atoms with Gasteiger partial charge in [0.05, 0.1) is 0 Å². The Hall–Kier alpha value is -4.32. The van der Waals surface area contributed by atoms with Crippen LogP contribution in [0.4, 0.5) is 24.0 Å². The molecule has 0 bridgehead atoms. The number of hydrogen-bond donors (Lipinski definition) is 2. The van der Waals surface area contributed by atoms with Gasteiger partial charge < -0.3 is 15.4 Å². The van der Waals surface area contributed by atoms with Crippen LogP contribution in [-0.4, -0.2) is 40.0 Å². The zero-order valence-electron chi connectivity index (χ0n) is 20.1. The van der Waals surface area contributed by atoms with Gasteiger partial charge >= 0.3 is 18.1 Å². The number of ether oxygens (including phenoxy) is 1. The van der Waals surface area contributed by atoms with Crippen LogP contribution < -0.4 is 10.6 Å². The molecule has 0 aliphatic rings. The van der Waals surface area contributed by atoms with Gasteiger partial charge in [0.2, 0.25) is 0 Å². The zero-order valence-corrected chi connectivity index (χ0v) is 20.9. The maximum absolute atomic E-state index is 12.6. The van der Waals surface area contributed by atoms with Crippen LogP contribution in [0, 0.1) is 5.92 Å². The molecule has 0 spiro atoms. The summed E-state index contributed by atoms with van der Waals surface area (Å²) in [5.74, 6) is -5.44. The van der Waals surface area contributed by atoms with Gasteiger partial charge in [0.1, 0.15) is 16.4 Å². The van der Waals surface area contributed by atoms with Crippen molar-refractivity contribution in [3.05, 3.63) is 72.4 Å². The van der Waals surface area contributed by atoms with Gasteiger partial charge in [-0.15, -0.1) is 0 Å². The van der Waals surface area contributed by atoms with Crippen LogP contribution in [0.2, 0.25) is 0 Å². The van der Waals surface area contributed by atoms with E-state index in [0.29, 0.717) is 5.13 Å². The van der Waals surface area contributed by atoms with E-state index in [9.17, 15) is 27.6 Å². The second kappa shape index (κ2) is 11.0. The van der Waals surface area contributed by atoms with E-state index in [-0.39, 0.29) is 5.56 Å². The first-order valence-electron chi connectivity index (χ1n) is 11.3. The van der Waals surface area contributed by atoms with Crippen molar-refractivity contribution < 1.29 is 32.3 Å². The predicted molar refractivity (Wildman–Crippen MR) is 136 cm³/mol. The highest BCUT2D eigenvalue weighted by molar-refractivity contribution is 7.21. The average molecular weight is 543 g/mol. The van der Waals surface area contributed by atoms with Crippen LogP contribution >= 0.6 is 11.3 Å². The molecule has 8 nitrogen and oxygen atoms in total. The third kappa shape index (κ3) is 6.32. The highest BCUT2D eigenvalue weighted by Crippen LogP contribution is 2.28. The van der Waals surface area contributed by atoms with Gasteiger partial charge in [-0.25, -0.2) is 19.6 Å². The van der Waals surface area contributed by atoms with Gasteiger partial charge in [-0.3, -0.25) is 4.79 Å². The van der Waals surface area contributed by atoms with Crippen molar-refractivity contribution in [3.8, 4) is 11.1 Å². The summed E-state index contributed by atoms with van der Waals surface area (Å²) in [5.41, 5.74) is 3.51. The summed E-state index contributed by atoms with van der Waals surface area (Å²) in [6, 6.07) is 16.3. The fraction of sp³-hybridized carbons (Fsp3) is 0.192. The van der Waals surface area contributed by atoms with E-state index in [1.165, 1.54) is 37.3 Å². The van der Waals surface area contributed by atoms with Gasteiger partial charge in [-0.05, 0) is 53.4 Å². The van der Waals surface area contributed by atoms with Crippen molar-refractivity contribution in [1.29, 1.82) is 0 Å². The highest BCUT2D eigenvalue weighted by atomic mass is 32.1. The number of aromatic nitrogens is 2. The molecule has 2 aromatic heterocycles. The largest absolute Gasteiger partial charge is 0.491 e. The van der Waals surface area contributed by atoms with Gasteiger partial charge in [0.25, 0.3) is 5.91 Å². The number of nitrogens with one attached hydrogen (secondary N) is 2. The van der Waals surface area contributed by atoms with Crippen LogP contribution in [0.5, 0.6) is 0 Å². The molecule has 4 aromatic rings. The Kier molecular flexibility index (Phi) is 7.72. The minimum Gasteiger partial charge on any atom is -0.385 e. The summed E-state index contributed by atoms with van der Waals surface area (Å²) in [6.45, 7) is 3.00. The number of hydrogen-bond acceptors (Lipinski definition) is 8. The lowest BCUT2D eigenvalue weighted by Crippen LogP contribution is -2.47. The van der Waals surface area contributed by atoms with Crippen molar-refractivity contribution in [2.24, 2.45) is 5.92 Å². The standard InChI is InChI=1S/C26H21F3N4O4S/c1-14(2)20(23(35)37-24(36)26(27,28)29)33-21(34)17-7-5-15(6-8-17)16-9-11-18(12-10-16)31-25-32-19-4-3-13-30-22(19)38-25/h3-14,20H,1-2H3,(H,31,32)(H,33,34)/t20-/m0/s1. The summed E-state index contributed by atoms with van der Waals surface area (Å²) in [7, 11) is 0. The number of anilines is 2. The number of pyridine rings is 1. The molecular formula is C26H21F3N4O4S. The molecular weight excluding hydrogens is 521 g/mol. The lowest BCUT2D eigenvalue weighted by atomic mass is 10.0. The van der Waals surface area contributed by atoms with E-state index in [0.717, 1.165) is 27.2 Å². The molecule has 2 aromatic carbocycles. The number of benzene rings is 2. The van der Waals surface area contributed by atoms with E-state index in [2.05, 4.69) is 25.3 Å². The number of esters is 2. The first-order chi connectivity index (χ1) is 18.0. The third-order valence-electron chi connectivity index (χ3n) is 5.41. The number of carbonyl (C=O) groups excluding carboxylic acids is 3. The Morgan fingerprint density at radius 2 is 1.58 bits per heavy atom. The minimum atomic E-state index is -5.32. The highest BCUT2D eigenvalue weighted by Gasteiger charge is 2.43. The predicted octanol–water partition coefficient (Wildman–Crippen LogP) is 5.49. The van der Waals surface area contributed by atoms with E-state index < -0.39 is 36.0 Å². The van der Waals surface area contributed by atoms with Crippen LogP contribution in [0.3, 0.4) is 0 Å². The second-order valence-electron chi connectivity index (χ2n) is 8.53. The Labute approximate surface area is 218 Å². The van der Waals surface area contributed by atoms with Crippen LogP contribution in [0.15, 0.2) is 66.9 Å². The fourth-order valence-corrected chi connectivity index (χ4v) is 4.27. The molecule has 0 saturated carbocycles. The molecule has 4 rings (SSSR count). The Bertz CT molecular complexity index is 1440. The van der Waals surface area contributed by atoms with E-state index in [1.54, 1.807) is 18.3 Å². The molecule has 0 radical (unpaired) electrons. The Balaban J connectivity index is 1.40. The summed E-state index contributed by atoms with van der Waals surface area (Å²) >= 11 is 1.44. The molecule has 0 fully saturated rings. The molecule has 2 heterocycles. The topological polar surface area (TPSA) is 110 Å². The number of halogens is 3. The van der Waals surface area contributed by atoms with Gasteiger partial charge in [0, 0.05) is 17.4 Å². The number of nitrogens with zero attached hydrogens (tertiary/aromatic N) is 2. The van der Waals surface area contributed by atoms with Crippen molar-refractivity contribution in [2.45, 2.75) is 26.1 Å². The molecule has 0 aliphatic carbocycles. The fourth-order valence-electron chi connectivity index (χ4n) is 3.44. The van der Waals surface area contributed by atoms with Crippen LogP contribution in [0.1, 0.15) is 24.2 Å². The summed E-state index contributed by atoms with van der Waals surface area (Å²) < 4.78 is 41.1. The van der Waals surface area contributed by atoms with E-state index in [4.69, 9.17) is 0 Å². The first-order valence-corrected chi connectivity index (χ1v) is 12.2. The smallest absolute Gasteiger partial charge is 0.385 e. The van der Waals surface area contributed by atoms with Crippen LogP contribution in [-0.2, 0) is 14.3 Å². The molecule has 196 valence electrons. The number of alkyl halides is 3. The Morgan fingerprint density at radius 1 is 0.947 bits per heavy atom. The number of carbonyl (C=O) groups is 3. The third-order valence-corrected chi connectivity index (χ3v) is 6.31. The van der Waals surface area contributed by atoms with E-state index >= 15 is 0 Å². The summed E-state index contributed by atoms with van der Waals surface area (Å²) in [5, 5.41) is 6.30. The molecule has 1 amide bonds. The number of amides is 1. The SMILES string of the molecule is CC(C)[C@H](NC(=O)c1ccc(-c2ccc(Nc3nc4cccnc4s3)cc2)cc1)C(=O)OC(=O)C(F)(F)F. The summed E-state index contributed by atoms with van der Waals surface area (Å²) in [4.78, 5) is 45.3. The van der Waals surface area contributed by atoms with Gasteiger partial charge in [-0.1, -0.05) is 49.4 Å². The van der Waals surface area contributed by atoms with Crippen molar-refractivity contribution in [2.75, 3.05) is 5.32 Å².